The molecular weight excluding hydrogens is 343 g/mol. The van der Waals surface area contributed by atoms with Gasteiger partial charge in [-0.2, -0.15) is 0 Å². The van der Waals surface area contributed by atoms with Crippen LogP contribution in [0.5, 0.6) is 0 Å². The van der Waals surface area contributed by atoms with E-state index >= 15 is 0 Å². The largest absolute Gasteiger partial charge is 0.369 e. The maximum absolute atomic E-state index is 13.1. The Morgan fingerprint density at radius 3 is 2.52 bits per heavy atom. The molecule has 2 aromatic rings. The van der Waals surface area contributed by atoms with Crippen molar-refractivity contribution >= 4 is 11.6 Å². The molecule has 144 valence electrons. The van der Waals surface area contributed by atoms with Crippen molar-refractivity contribution in [1.29, 1.82) is 0 Å². The second kappa shape index (κ2) is 7.72. The zero-order chi connectivity index (χ0) is 18.8. The average molecular weight is 370 g/mol. The van der Waals surface area contributed by atoms with Crippen LogP contribution in [0.25, 0.3) is 0 Å². The molecule has 1 amide bonds. The smallest absolute Gasteiger partial charge is 0.270 e. The maximum Gasteiger partial charge on any atom is 0.270 e. The number of aryl methyl sites for hydroxylation is 1. The van der Waals surface area contributed by atoms with Gasteiger partial charge in [-0.25, -0.2) is 4.39 Å². The van der Waals surface area contributed by atoms with Crippen molar-refractivity contribution < 1.29 is 9.18 Å². The summed E-state index contributed by atoms with van der Waals surface area (Å²) in [6.45, 7) is 7.46. The molecule has 2 saturated heterocycles. The van der Waals surface area contributed by atoms with E-state index in [1.807, 2.05) is 36.2 Å². The molecule has 1 unspecified atom stereocenters. The van der Waals surface area contributed by atoms with Crippen molar-refractivity contribution in [3.05, 3.63) is 53.6 Å². The van der Waals surface area contributed by atoms with E-state index in [-0.39, 0.29) is 11.7 Å². The Labute approximate surface area is 159 Å². The van der Waals surface area contributed by atoms with Crippen molar-refractivity contribution in [2.75, 3.05) is 44.2 Å². The highest BCUT2D eigenvalue weighted by atomic mass is 19.1. The number of nitrogens with zero attached hydrogens (tertiary/aromatic N) is 3. The van der Waals surface area contributed by atoms with Crippen LogP contribution in [0.4, 0.5) is 10.1 Å². The summed E-state index contributed by atoms with van der Waals surface area (Å²) in [7, 11) is 0. The summed E-state index contributed by atoms with van der Waals surface area (Å²) in [6, 6.07) is 9.10. The van der Waals surface area contributed by atoms with Crippen molar-refractivity contribution in [2.45, 2.75) is 25.8 Å². The normalized spacial score (nSPS) is 21.5. The number of likely N-dealkylation sites (tertiary alicyclic amines) is 1. The van der Waals surface area contributed by atoms with Crippen LogP contribution in [0.2, 0.25) is 0 Å². The first-order valence-electron chi connectivity index (χ1n) is 9.79. The Balaban J connectivity index is 1.34. The third-order valence-corrected chi connectivity index (χ3v) is 5.76. The summed E-state index contributed by atoms with van der Waals surface area (Å²) >= 11 is 0. The van der Waals surface area contributed by atoms with Gasteiger partial charge in [0.15, 0.2) is 0 Å². The quantitative estimate of drug-likeness (QED) is 0.903. The Morgan fingerprint density at radius 1 is 1.11 bits per heavy atom. The van der Waals surface area contributed by atoms with Gasteiger partial charge in [-0.3, -0.25) is 9.69 Å². The predicted molar refractivity (Wildman–Crippen MR) is 105 cm³/mol. The number of piperazine rings is 1. The average Bonchev–Trinajstić information content (AvgIpc) is 3.14. The first-order chi connectivity index (χ1) is 13.1. The van der Waals surface area contributed by atoms with Gasteiger partial charge in [0.25, 0.3) is 5.91 Å². The van der Waals surface area contributed by atoms with Crippen molar-refractivity contribution in [3.63, 3.8) is 0 Å². The van der Waals surface area contributed by atoms with Gasteiger partial charge in [-0.15, -0.1) is 0 Å². The lowest BCUT2D eigenvalue weighted by atomic mass is 10.0. The molecule has 6 heteroatoms. The molecular formula is C21H27FN4O. The van der Waals surface area contributed by atoms with Crippen LogP contribution in [0.1, 0.15) is 28.9 Å². The second-order valence-corrected chi connectivity index (χ2v) is 7.64. The summed E-state index contributed by atoms with van der Waals surface area (Å²) in [5.41, 5.74) is 2.86. The molecule has 0 aliphatic carbocycles. The minimum Gasteiger partial charge on any atom is -0.369 e. The van der Waals surface area contributed by atoms with Crippen molar-refractivity contribution in [2.24, 2.45) is 0 Å². The predicted octanol–water partition coefficient (Wildman–Crippen LogP) is 2.89. The number of nitrogens with one attached hydrogen (secondary N) is 1. The molecule has 4 rings (SSSR count). The van der Waals surface area contributed by atoms with Crippen LogP contribution in [0.3, 0.4) is 0 Å². The van der Waals surface area contributed by atoms with Crippen molar-refractivity contribution in [3.8, 4) is 0 Å². The molecule has 3 heterocycles. The zero-order valence-electron chi connectivity index (χ0n) is 15.8. The summed E-state index contributed by atoms with van der Waals surface area (Å²) in [4.78, 5) is 22.6. The molecule has 0 saturated carbocycles. The molecule has 1 aromatic heterocycles. The van der Waals surface area contributed by atoms with E-state index in [0.29, 0.717) is 11.7 Å². The summed E-state index contributed by atoms with van der Waals surface area (Å²) < 4.78 is 13.1. The van der Waals surface area contributed by atoms with Gasteiger partial charge in [0.1, 0.15) is 11.5 Å². The standard InChI is InChI=1S/C21H27FN4O/c1-16-13-20(23-14-16)21(27)26-8-2-3-19(15-26)25-11-9-24(10-12-25)18-6-4-17(22)5-7-18/h4-7,13-14,19,23H,2-3,8-12,15H2,1H3. The van der Waals surface area contributed by atoms with E-state index in [1.165, 1.54) is 12.1 Å². The zero-order valence-corrected chi connectivity index (χ0v) is 15.8. The lowest BCUT2D eigenvalue weighted by molar-refractivity contribution is 0.0559. The number of amides is 1. The van der Waals surface area contributed by atoms with Gasteiger partial charge in [-0.1, -0.05) is 0 Å². The fourth-order valence-electron chi connectivity index (χ4n) is 4.23. The number of rotatable bonds is 3. The van der Waals surface area contributed by atoms with Gasteiger partial charge in [0, 0.05) is 57.2 Å². The SMILES string of the molecule is Cc1c[nH]c(C(=O)N2CCCC(N3CCN(c4ccc(F)cc4)CC3)C2)c1. The fraction of sp³-hybridized carbons (Fsp3) is 0.476. The number of benzene rings is 1. The van der Waals surface area contributed by atoms with Gasteiger partial charge < -0.3 is 14.8 Å². The number of anilines is 1. The van der Waals surface area contributed by atoms with E-state index in [2.05, 4.69) is 14.8 Å². The number of carbonyl (C=O) groups excluding carboxylic acids is 1. The molecule has 0 bridgehead atoms. The first-order valence-corrected chi connectivity index (χ1v) is 9.79. The molecule has 2 aliphatic heterocycles. The molecule has 0 radical (unpaired) electrons. The van der Waals surface area contributed by atoms with Crippen LogP contribution in [0, 0.1) is 12.7 Å². The van der Waals surface area contributed by atoms with Crippen LogP contribution >= 0.6 is 0 Å². The van der Waals surface area contributed by atoms with Gasteiger partial charge >= 0.3 is 0 Å². The topological polar surface area (TPSA) is 42.6 Å². The van der Waals surface area contributed by atoms with Crippen molar-refractivity contribution in [1.82, 2.24) is 14.8 Å². The number of piperidine rings is 1. The highest BCUT2D eigenvalue weighted by Gasteiger charge is 2.30. The number of aromatic amines is 1. The fourth-order valence-corrected chi connectivity index (χ4v) is 4.23. The summed E-state index contributed by atoms with van der Waals surface area (Å²) in [5.74, 6) is -0.0839. The van der Waals surface area contributed by atoms with E-state index in [0.717, 1.165) is 63.4 Å². The molecule has 0 spiro atoms. The molecule has 1 N–H and O–H groups in total. The minimum absolute atomic E-state index is 0.109. The Bertz CT molecular complexity index is 780. The lowest BCUT2D eigenvalue weighted by Gasteiger charge is -2.43. The highest BCUT2D eigenvalue weighted by Crippen LogP contribution is 2.22. The molecule has 1 aromatic carbocycles. The molecule has 5 nitrogen and oxygen atoms in total. The van der Waals surface area contributed by atoms with Crippen LogP contribution < -0.4 is 4.90 Å². The maximum atomic E-state index is 13.1. The number of aromatic nitrogens is 1. The van der Waals surface area contributed by atoms with Gasteiger partial charge in [0.2, 0.25) is 0 Å². The number of hydrogen-bond acceptors (Lipinski definition) is 3. The summed E-state index contributed by atoms with van der Waals surface area (Å²) in [6.07, 6.45) is 4.07. The second-order valence-electron chi connectivity index (χ2n) is 7.64. The molecule has 2 aliphatic rings. The van der Waals surface area contributed by atoms with E-state index in [9.17, 15) is 9.18 Å². The minimum atomic E-state index is -0.193. The number of H-pyrrole nitrogens is 1. The van der Waals surface area contributed by atoms with Crippen LogP contribution in [-0.4, -0.2) is 66.0 Å². The van der Waals surface area contributed by atoms with Crippen LogP contribution in [0.15, 0.2) is 36.5 Å². The van der Waals surface area contributed by atoms with E-state index in [1.54, 1.807) is 0 Å². The first kappa shape index (κ1) is 18.0. The Kier molecular flexibility index (Phi) is 5.16. The highest BCUT2D eigenvalue weighted by molar-refractivity contribution is 5.92. The van der Waals surface area contributed by atoms with Crippen LogP contribution in [-0.2, 0) is 0 Å². The Hall–Kier alpha value is -2.34. The number of halogens is 1. The van der Waals surface area contributed by atoms with Gasteiger partial charge in [-0.05, 0) is 55.7 Å². The Morgan fingerprint density at radius 2 is 1.85 bits per heavy atom. The third kappa shape index (κ3) is 4.00. The lowest BCUT2D eigenvalue weighted by Crippen LogP contribution is -2.55. The third-order valence-electron chi connectivity index (χ3n) is 5.76. The summed E-state index contributed by atoms with van der Waals surface area (Å²) in [5, 5.41) is 0. The number of hydrogen-bond donors (Lipinski definition) is 1. The van der Waals surface area contributed by atoms with E-state index < -0.39 is 0 Å². The van der Waals surface area contributed by atoms with Gasteiger partial charge in [0.05, 0.1) is 0 Å². The van der Waals surface area contributed by atoms with E-state index in [4.69, 9.17) is 0 Å². The molecule has 27 heavy (non-hydrogen) atoms. The monoisotopic (exact) mass is 370 g/mol. The molecule has 1 atom stereocenters. The molecule has 2 fully saturated rings. The number of carbonyl (C=O) groups is 1.